The lowest BCUT2D eigenvalue weighted by atomic mass is 10.1. The number of esters is 1. The number of amides is 1. The molecule has 10 heteroatoms. The molecule has 154 valence electrons. The van der Waals surface area contributed by atoms with Gasteiger partial charge in [0, 0.05) is 25.2 Å². The van der Waals surface area contributed by atoms with Crippen LogP contribution in [0.3, 0.4) is 0 Å². The van der Waals surface area contributed by atoms with Crippen LogP contribution < -0.4 is 9.47 Å². The SMILES string of the molecule is COc1cc(C(=O)OCC(=O)N(C)Cc2ccccc2F)c([N+](=O)[O-])cc1OC. The molecule has 0 radical (unpaired) electrons. The van der Waals surface area contributed by atoms with E-state index in [0.29, 0.717) is 5.56 Å². The van der Waals surface area contributed by atoms with Crippen molar-refractivity contribution in [1.29, 1.82) is 0 Å². The fraction of sp³-hybridized carbons (Fsp3) is 0.263. The van der Waals surface area contributed by atoms with E-state index in [1.807, 2.05) is 0 Å². The number of benzene rings is 2. The van der Waals surface area contributed by atoms with Gasteiger partial charge in [-0.3, -0.25) is 14.9 Å². The average molecular weight is 406 g/mol. The molecule has 2 aromatic carbocycles. The highest BCUT2D eigenvalue weighted by atomic mass is 19.1. The second-order valence-electron chi connectivity index (χ2n) is 5.90. The number of halogens is 1. The number of ether oxygens (including phenoxy) is 3. The number of likely N-dealkylation sites (N-methyl/N-ethyl adjacent to an activating group) is 1. The Labute approximate surface area is 165 Å². The van der Waals surface area contributed by atoms with Gasteiger partial charge in [-0.05, 0) is 6.07 Å². The Balaban J connectivity index is 2.11. The van der Waals surface area contributed by atoms with Gasteiger partial charge in [0.1, 0.15) is 11.4 Å². The van der Waals surface area contributed by atoms with Crippen molar-refractivity contribution in [3.05, 3.63) is 63.5 Å². The lowest BCUT2D eigenvalue weighted by Crippen LogP contribution is -2.31. The number of methoxy groups -OCH3 is 2. The highest BCUT2D eigenvalue weighted by Crippen LogP contribution is 2.34. The molecule has 0 aliphatic heterocycles. The first-order valence-electron chi connectivity index (χ1n) is 8.33. The van der Waals surface area contributed by atoms with Gasteiger partial charge < -0.3 is 19.1 Å². The number of nitro groups is 1. The summed E-state index contributed by atoms with van der Waals surface area (Å²) in [4.78, 5) is 36.2. The van der Waals surface area contributed by atoms with Crippen molar-refractivity contribution >= 4 is 17.6 Å². The van der Waals surface area contributed by atoms with Crippen molar-refractivity contribution in [2.75, 3.05) is 27.9 Å². The monoisotopic (exact) mass is 406 g/mol. The van der Waals surface area contributed by atoms with Crippen molar-refractivity contribution in [3.8, 4) is 11.5 Å². The normalized spacial score (nSPS) is 10.2. The first kappa shape index (κ1) is 21.6. The second kappa shape index (κ2) is 9.49. The van der Waals surface area contributed by atoms with Crippen LogP contribution >= 0.6 is 0 Å². The summed E-state index contributed by atoms with van der Waals surface area (Å²) in [5, 5.41) is 11.3. The van der Waals surface area contributed by atoms with Gasteiger partial charge in [-0.2, -0.15) is 0 Å². The topological polar surface area (TPSA) is 108 Å². The van der Waals surface area contributed by atoms with E-state index >= 15 is 0 Å². The van der Waals surface area contributed by atoms with E-state index < -0.39 is 40.5 Å². The highest BCUT2D eigenvalue weighted by Gasteiger charge is 2.26. The van der Waals surface area contributed by atoms with Crippen LogP contribution in [0.25, 0.3) is 0 Å². The molecule has 0 saturated carbocycles. The summed E-state index contributed by atoms with van der Waals surface area (Å²) >= 11 is 0. The molecule has 0 N–H and O–H groups in total. The van der Waals surface area contributed by atoms with Crippen LogP contribution in [0.1, 0.15) is 15.9 Å². The molecule has 1 amide bonds. The van der Waals surface area contributed by atoms with Crippen molar-refractivity contribution in [3.63, 3.8) is 0 Å². The van der Waals surface area contributed by atoms with Crippen LogP contribution in [0.15, 0.2) is 36.4 Å². The zero-order valence-corrected chi connectivity index (χ0v) is 16.0. The van der Waals surface area contributed by atoms with Crippen LogP contribution in [0.4, 0.5) is 10.1 Å². The van der Waals surface area contributed by atoms with E-state index in [9.17, 15) is 24.1 Å². The predicted octanol–water partition coefficient (Wildman–Crippen LogP) is 2.57. The molecule has 29 heavy (non-hydrogen) atoms. The molecular formula is C19H19FN2O7. The summed E-state index contributed by atoms with van der Waals surface area (Å²) in [7, 11) is 4.02. The maximum Gasteiger partial charge on any atom is 0.345 e. The van der Waals surface area contributed by atoms with Crippen molar-refractivity contribution < 1.29 is 33.1 Å². The Morgan fingerprint density at radius 1 is 1.14 bits per heavy atom. The first-order chi connectivity index (χ1) is 13.8. The maximum absolute atomic E-state index is 13.7. The lowest BCUT2D eigenvalue weighted by molar-refractivity contribution is -0.385. The van der Waals surface area contributed by atoms with Gasteiger partial charge in [0.2, 0.25) is 0 Å². The molecule has 0 fully saturated rings. The summed E-state index contributed by atoms with van der Waals surface area (Å²) in [6.07, 6.45) is 0. The Hall–Kier alpha value is -3.69. The van der Waals surface area contributed by atoms with E-state index in [4.69, 9.17) is 14.2 Å². The zero-order chi connectivity index (χ0) is 21.6. The van der Waals surface area contributed by atoms with Crippen molar-refractivity contribution in [1.82, 2.24) is 4.90 Å². The fourth-order valence-corrected chi connectivity index (χ4v) is 2.47. The summed E-state index contributed by atoms with van der Waals surface area (Å²) in [6, 6.07) is 8.09. The molecule has 0 atom stereocenters. The number of nitrogens with zero attached hydrogens (tertiary/aromatic N) is 2. The van der Waals surface area contributed by atoms with Gasteiger partial charge in [0.05, 0.1) is 25.2 Å². The van der Waals surface area contributed by atoms with E-state index in [2.05, 4.69) is 0 Å². The van der Waals surface area contributed by atoms with Crippen LogP contribution in [0.5, 0.6) is 11.5 Å². The molecule has 0 aliphatic carbocycles. The number of rotatable bonds is 8. The largest absolute Gasteiger partial charge is 0.493 e. The summed E-state index contributed by atoms with van der Waals surface area (Å²) in [5.74, 6) is -2.00. The first-order valence-corrected chi connectivity index (χ1v) is 8.33. The van der Waals surface area contributed by atoms with E-state index in [1.165, 1.54) is 44.4 Å². The van der Waals surface area contributed by atoms with E-state index in [1.54, 1.807) is 6.07 Å². The number of carbonyl (C=O) groups is 2. The van der Waals surface area contributed by atoms with Crippen molar-refractivity contribution in [2.24, 2.45) is 0 Å². The lowest BCUT2D eigenvalue weighted by Gasteiger charge is -2.17. The molecule has 9 nitrogen and oxygen atoms in total. The molecule has 0 bridgehead atoms. The summed E-state index contributed by atoms with van der Waals surface area (Å²) in [5.41, 5.74) is -0.651. The Morgan fingerprint density at radius 2 is 1.76 bits per heavy atom. The maximum atomic E-state index is 13.7. The number of nitro benzene ring substituents is 1. The third-order valence-electron chi connectivity index (χ3n) is 4.04. The molecule has 0 spiro atoms. The molecule has 0 aliphatic rings. The smallest absolute Gasteiger partial charge is 0.345 e. The number of hydrogen-bond donors (Lipinski definition) is 0. The van der Waals surface area contributed by atoms with Gasteiger partial charge >= 0.3 is 5.97 Å². The third kappa shape index (κ3) is 5.18. The summed E-state index contributed by atoms with van der Waals surface area (Å²) < 4.78 is 28.6. The molecule has 2 rings (SSSR count). The quantitative estimate of drug-likeness (QED) is 0.377. The van der Waals surface area contributed by atoms with Crippen LogP contribution in [0.2, 0.25) is 0 Å². The highest BCUT2D eigenvalue weighted by molar-refractivity contribution is 5.96. The van der Waals surface area contributed by atoms with Gasteiger partial charge in [0.25, 0.3) is 11.6 Å². The minimum absolute atomic E-state index is 0.0282. The van der Waals surface area contributed by atoms with Crippen LogP contribution in [-0.2, 0) is 16.1 Å². The third-order valence-corrected chi connectivity index (χ3v) is 4.04. The minimum atomic E-state index is -1.08. The number of hydrogen-bond acceptors (Lipinski definition) is 7. The van der Waals surface area contributed by atoms with Crippen LogP contribution in [0, 0.1) is 15.9 Å². The van der Waals surface area contributed by atoms with Crippen molar-refractivity contribution in [2.45, 2.75) is 6.54 Å². The summed E-state index contributed by atoms with van der Waals surface area (Å²) in [6.45, 7) is -0.700. The minimum Gasteiger partial charge on any atom is -0.493 e. The fourth-order valence-electron chi connectivity index (χ4n) is 2.47. The average Bonchev–Trinajstić information content (AvgIpc) is 2.71. The van der Waals surface area contributed by atoms with Gasteiger partial charge in [-0.15, -0.1) is 0 Å². The standard InChI is InChI=1S/C19H19FN2O7/c1-21(10-12-6-4-5-7-14(12)20)18(23)11-29-19(24)13-8-16(27-2)17(28-3)9-15(13)22(25)26/h4-9H,10-11H2,1-3H3. The Bertz CT molecular complexity index is 933. The van der Waals surface area contributed by atoms with E-state index in [-0.39, 0.29) is 18.0 Å². The molecule has 0 saturated heterocycles. The molecular weight excluding hydrogens is 387 g/mol. The molecule has 0 aromatic heterocycles. The van der Waals surface area contributed by atoms with Gasteiger partial charge in [0.15, 0.2) is 18.1 Å². The second-order valence-corrected chi connectivity index (χ2v) is 5.90. The van der Waals surface area contributed by atoms with Gasteiger partial charge in [-0.25, -0.2) is 9.18 Å². The molecule has 2 aromatic rings. The predicted molar refractivity (Wildman–Crippen MR) is 99.4 cm³/mol. The number of carbonyl (C=O) groups excluding carboxylic acids is 2. The Morgan fingerprint density at radius 3 is 2.34 bits per heavy atom. The zero-order valence-electron chi connectivity index (χ0n) is 16.0. The molecule has 0 heterocycles. The van der Waals surface area contributed by atoms with Gasteiger partial charge in [-0.1, -0.05) is 18.2 Å². The van der Waals surface area contributed by atoms with E-state index in [0.717, 1.165) is 12.1 Å². The Kier molecular flexibility index (Phi) is 7.07. The molecule has 0 unspecified atom stereocenters. The van der Waals surface area contributed by atoms with Crippen LogP contribution in [-0.4, -0.2) is 49.6 Å².